The van der Waals surface area contributed by atoms with Crippen molar-refractivity contribution in [2.75, 3.05) is 4.90 Å². The minimum atomic E-state index is -0.380. The second kappa shape index (κ2) is 7.71. The van der Waals surface area contributed by atoms with E-state index in [1.54, 1.807) is 19.1 Å². The number of pyridine rings is 2. The summed E-state index contributed by atoms with van der Waals surface area (Å²) >= 11 is 0. The van der Waals surface area contributed by atoms with Crippen LogP contribution < -0.4 is 4.90 Å². The van der Waals surface area contributed by atoms with Gasteiger partial charge in [-0.05, 0) is 48.4 Å². The largest absolute Gasteiger partial charge is 0.506 e. The van der Waals surface area contributed by atoms with Gasteiger partial charge in [-0.3, -0.25) is 9.78 Å². The number of carbonyl (C=O) groups excluding carboxylic acids is 1. The molecule has 0 radical (unpaired) electrons. The number of aryl methyl sites for hydroxylation is 1. The third-order valence-electron chi connectivity index (χ3n) is 4.64. The number of hydrogen-bond donors (Lipinski definition) is 1. The molecule has 7 heteroatoms. The number of aromatic hydroxyl groups is 1. The lowest BCUT2D eigenvalue weighted by Crippen LogP contribution is -2.32. The van der Waals surface area contributed by atoms with Crippen molar-refractivity contribution in [1.29, 1.82) is 0 Å². The smallest absolute Gasteiger partial charge is 0.231 e. The summed E-state index contributed by atoms with van der Waals surface area (Å²) in [4.78, 5) is 23.1. The monoisotopic (exact) mass is 390 g/mol. The molecule has 1 amide bonds. The Hall–Kier alpha value is -3.74. The number of halogens is 1. The Bertz CT molecular complexity index is 1160. The summed E-state index contributed by atoms with van der Waals surface area (Å²) < 4.78 is 16.1. The summed E-state index contributed by atoms with van der Waals surface area (Å²) in [6, 6.07) is 11.9. The van der Waals surface area contributed by atoms with Crippen LogP contribution in [0.5, 0.6) is 5.75 Å². The second-order valence-corrected chi connectivity index (χ2v) is 6.84. The highest BCUT2D eigenvalue weighted by Gasteiger charge is 2.19. The van der Waals surface area contributed by atoms with E-state index in [0.717, 1.165) is 5.65 Å². The lowest BCUT2D eigenvalue weighted by atomic mass is 10.1. The number of fused-ring (bicyclic) bond motifs is 1. The Labute approximate surface area is 166 Å². The number of hydrogen-bond acceptors (Lipinski definition) is 4. The maximum atomic E-state index is 14.2. The van der Waals surface area contributed by atoms with Crippen molar-refractivity contribution >= 4 is 17.2 Å². The van der Waals surface area contributed by atoms with Gasteiger partial charge in [-0.2, -0.15) is 0 Å². The normalized spacial score (nSPS) is 11.0. The Morgan fingerprint density at radius 3 is 2.83 bits per heavy atom. The average Bonchev–Trinajstić information content (AvgIpc) is 3.11. The first kappa shape index (κ1) is 18.6. The van der Waals surface area contributed by atoms with Crippen LogP contribution in [-0.2, 0) is 17.8 Å². The number of rotatable bonds is 5. The molecule has 6 nitrogen and oxygen atoms in total. The van der Waals surface area contributed by atoms with Gasteiger partial charge in [0, 0.05) is 24.3 Å². The van der Waals surface area contributed by atoms with E-state index in [1.165, 1.54) is 29.4 Å². The minimum Gasteiger partial charge on any atom is -0.506 e. The van der Waals surface area contributed by atoms with Crippen molar-refractivity contribution in [3.63, 3.8) is 0 Å². The van der Waals surface area contributed by atoms with E-state index in [4.69, 9.17) is 0 Å². The molecule has 146 valence electrons. The van der Waals surface area contributed by atoms with Gasteiger partial charge in [-0.15, -0.1) is 0 Å². The van der Waals surface area contributed by atoms with Gasteiger partial charge in [0.05, 0.1) is 24.9 Å². The molecule has 0 saturated carbocycles. The van der Waals surface area contributed by atoms with Crippen LogP contribution in [0.3, 0.4) is 0 Å². The van der Waals surface area contributed by atoms with Gasteiger partial charge in [-0.25, -0.2) is 9.37 Å². The molecule has 0 atom stereocenters. The Kier molecular flexibility index (Phi) is 4.95. The van der Waals surface area contributed by atoms with Crippen molar-refractivity contribution in [3.05, 3.63) is 89.9 Å². The van der Waals surface area contributed by atoms with E-state index in [-0.39, 0.29) is 30.4 Å². The standard InChI is InChI=1S/C22H19FN4O2/c1-15-5-6-18(10-20(15)23)27(22(29)9-16-8-19(28)12-24-11-16)14-17-13-26-7-3-2-4-21(26)25-17/h2-8,10-13,28H,9,14H2,1H3. The number of amides is 1. The second-order valence-electron chi connectivity index (χ2n) is 6.84. The molecule has 29 heavy (non-hydrogen) atoms. The van der Waals surface area contributed by atoms with Crippen molar-refractivity contribution in [1.82, 2.24) is 14.4 Å². The summed E-state index contributed by atoms with van der Waals surface area (Å²) in [6.07, 6.45) is 6.57. The fraction of sp³-hybridized carbons (Fsp3) is 0.136. The molecule has 0 unspecified atom stereocenters. The van der Waals surface area contributed by atoms with Gasteiger partial charge < -0.3 is 14.4 Å². The number of nitrogens with zero attached hydrogens (tertiary/aromatic N) is 4. The summed E-state index contributed by atoms with van der Waals surface area (Å²) in [7, 11) is 0. The highest BCUT2D eigenvalue weighted by molar-refractivity contribution is 5.94. The summed E-state index contributed by atoms with van der Waals surface area (Å²) in [5.41, 5.74) is 2.97. The number of carbonyl (C=O) groups is 1. The zero-order valence-corrected chi connectivity index (χ0v) is 15.8. The summed E-state index contributed by atoms with van der Waals surface area (Å²) in [6.45, 7) is 1.86. The number of aromatic nitrogens is 3. The lowest BCUT2D eigenvalue weighted by molar-refractivity contribution is -0.118. The molecule has 1 aromatic carbocycles. The van der Waals surface area contributed by atoms with E-state index < -0.39 is 0 Å². The molecule has 3 heterocycles. The van der Waals surface area contributed by atoms with Crippen LogP contribution in [-0.4, -0.2) is 25.4 Å². The van der Waals surface area contributed by atoms with Crippen LogP contribution in [0.4, 0.5) is 10.1 Å². The molecule has 0 aliphatic rings. The van der Waals surface area contributed by atoms with Crippen LogP contribution in [0.2, 0.25) is 0 Å². The van der Waals surface area contributed by atoms with Gasteiger partial charge in [0.15, 0.2) is 0 Å². The number of imidazole rings is 1. The minimum absolute atomic E-state index is 0.0106. The van der Waals surface area contributed by atoms with Crippen molar-refractivity contribution in [3.8, 4) is 5.75 Å². The summed E-state index contributed by atoms with van der Waals surface area (Å²) in [5, 5.41) is 9.61. The highest BCUT2D eigenvalue weighted by atomic mass is 19.1. The Balaban J connectivity index is 1.67. The van der Waals surface area contributed by atoms with Crippen LogP contribution in [0.1, 0.15) is 16.8 Å². The fourth-order valence-corrected chi connectivity index (χ4v) is 3.14. The molecule has 0 aliphatic heterocycles. The molecule has 4 aromatic rings. The molecular formula is C22H19FN4O2. The van der Waals surface area contributed by atoms with Gasteiger partial charge in [0.2, 0.25) is 5.91 Å². The zero-order valence-electron chi connectivity index (χ0n) is 15.8. The molecule has 0 saturated heterocycles. The Morgan fingerprint density at radius 1 is 1.21 bits per heavy atom. The maximum absolute atomic E-state index is 14.2. The Morgan fingerprint density at radius 2 is 2.07 bits per heavy atom. The van der Waals surface area contributed by atoms with Crippen LogP contribution in [0, 0.1) is 12.7 Å². The van der Waals surface area contributed by atoms with E-state index in [0.29, 0.717) is 22.5 Å². The van der Waals surface area contributed by atoms with E-state index in [9.17, 15) is 14.3 Å². The van der Waals surface area contributed by atoms with Crippen LogP contribution >= 0.6 is 0 Å². The molecule has 0 aliphatic carbocycles. The molecule has 3 aromatic heterocycles. The molecule has 0 bridgehead atoms. The van der Waals surface area contributed by atoms with E-state index in [1.807, 2.05) is 35.0 Å². The molecule has 4 rings (SSSR count). The van der Waals surface area contributed by atoms with Gasteiger partial charge in [-0.1, -0.05) is 12.1 Å². The topological polar surface area (TPSA) is 70.7 Å². The number of anilines is 1. The van der Waals surface area contributed by atoms with Gasteiger partial charge >= 0.3 is 0 Å². The first-order chi connectivity index (χ1) is 14.0. The maximum Gasteiger partial charge on any atom is 0.231 e. The molecule has 0 fully saturated rings. The third kappa shape index (κ3) is 4.08. The molecular weight excluding hydrogens is 371 g/mol. The molecule has 1 N–H and O–H groups in total. The van der Waals surface area contributed by atoms with Crippen LogP contribution in [0.15, 0.2) is 67.3 Å². The fourth-order valence-electron chi connectivity index (χ4n) is 3.14. The van der Waals surface area contributed by atoms with Gasteiger partial charge in [0.1, 0.15) is 17.2 Å². The number of benzene rings is 1. The quantitative estimate of drug-likeness (QED) is 0.565. The lowest BCUT2D eigenvalue weighted by Gasteiger charge is -2.22. The SMILES string of the molecule is Cc1ccc(N(Cc2cn3ccccc3n2)C(=O)Cc2cncc(O)c2)cc1F. The summed E-state index contributed by atoms with van der Waals surface area (Å²) in [5.74, 6) is -0.643. The third-order valence-corrected chi connectivity index (χ3v) is 4.64. The predicted molar refractivity (Wildman–Crippen MR) is 107 cm³/mol. The van der Waals surface area contributed by atoms with E-state index >= 15 is 0 Å². The predicted octanol–water partition coefficient (Wildman–Crippen LogP) is 3.66. The van der Waals surface area contributed by atoms with E-state index in [2.05, 4.69) is 9.97 Å². The van der Waals surface area contributed by atoms with Crippen molar-refractivity contribution in [2.24, 2.45) is 0 Å². The highest BCUT2D eigenvalue weighted by Crippen LogP contribution is 2.22. The zero-order chi connectivity index (χ0) is 20.4. The average molecular weight is 390 g/mol. The van der Waals surface area contributed by atoms with Crippen molar-refractivity contribution in [2.45, 2.75) is 19.9 Å². The first-order valence-corrected chi connectivity index (χ1v) is 9.11. The molecule has 0 spiro atoms. The first-order valence-electron chi connectivity index (χ1n) is 9.11. The van der Waals surface area contributed by atoms with Gasteiger partial charge in [0.25, 0.3) is 0 Å². The van der Waals surface area contributed by atoms with Crippen molar-refractivity contribution < 1.29 is 14.3 Å². The van der Waals surface area contributed by atoms with Crippen LogP contribution in [0.25, 0.3) is 5.65 Å².